The quantitative estimate of drug-likeness (QED) is 0.230. The summed E-state index contributed by atoms with van der Waals surface area (Å²) in [5.41, 5.74) is 1.29. The molecule has 0 radical (unpaired) electrons. The summed E-state index contributed by atoms with van der Waals surface area (Å²) in [6.07, 6.45) is 0.952. The Morgan fingerprint density at radius 2 is 2.15 bits per heavy atom. The third-order valence-electron chi connectivity index (χ3n) is 3.88. The zero-order valence-corrected chi connectivity index (χ0v) is 19.1. The highest BCUT2D eigenvalue weighted by molar-refractivity contribution is 14.0. The van der Waals surface area contributed by atoms with E-state index in [1.54, 1.807) is 18.3 Å². The fourth-order valence-electron chi connectivity index (χ4n) is 2.57. The van der Waals surface area contributed by atoms with E-state index in [0.29, 0.717) is 6.54 Å². The van der Waals surface area contributed by atoms with Crippen LogP contribution in [0.4, 0.5) is 0 Å². The zero-order chi connectivity index (χ0) is 18.3. The molecule has 0 bridgehead atoms. The highest BCUT2D eigenvalue weighted by Gasteiger charge is 2.23. The minimum Gasteiger partial charge on any atom is -0.383 e. The zero-order valence-electron chi connectivity index (χ0n) is 16.0. The Balaban J connectivity index is 0.00000338. The van der Waals surface area contributed by atoms with Crippen molar-refractivity contribution in [2.75, 3.05) is 19.6 Å². The van der Waals surface area contributed by atoms with Gasteiger partial charge in [0.2, 0.25) is 0 Å². The van der Waals surface area contributed by atoms with E-state index in [1.165, 1.54) is 5.69 Å². The molecule has 26 heavy (non-hydrogen) atoms. The van der Waals surface area contributed by atoms with Crippen molar-refractivity contribution in [2.24, 2.45) is 4.99 Å². The molecule has 2 aromatic heterocycles. The number of aryl methyl sites for hydroxylation is 3. The molecule has 0 amide bonds. The predicted octanol–water partition coefficient (Wildman–Crippen LogP) is 3.03. The fourth-order valence-corrected chi connectivity index (χ4v) is 3.35. The van der Waals surface area contributed by atoms with Crippen molar-refractivity contribution in [2.45, 2.75) is 46.3 Å². The van der Waals surface area contributed by atoms with E-state index in [1.807, 2.05) is 36.0 Å². The van der Waals surface area contributed by atoms with Gasteiger partial charge in [-0.2, -0.15) is 5.10 Å². The highest BCUT2D eigenvalue weighted by Crippen LogP contribution is 2.25. The molecule has 2 rings (SSSR count). The first-order chi connectivity index (χ1) is 11.9. The summed E-state index contributed by atoms with van der Waals surface area (Å²) in [4.78, 5) is 5.46. The van der Waals surface area contributed by atoms with Gasteiger partial charge in [-0.15, -0.1) is 35.3 Å². The monoisotopic (exact) mass is 491 g/mol. The maximum atomic E-state index is 10.6. The molecule has 8 heteroatoms. The molecule has 2 heterocycles. The summed E-state index contributed by atoms with van der Waals surface area (Å²) >= 11 is 1.55. The van der Waals surface area contributed by atoms with Crippen LogP contribution in [0.15, 0.2) is 28.6 Å². The van der Waals surface area contributed by atoms with Gasteiger partial charge in [0.15, 0.2) is 5.96 Å². The van der Waals surface area contributed by atoms with Crippen molar-refractivity contribution >= 4 is 41.3 Å². The van der Waals surface area contributed by atoms with Gasteiger partial charge in [-0.3, -0.25) is 4.68 Å². The van der Waals surface area contributed by atoms with E-state index >= 15 is 0 Å². The molecule has 0 saturated carbocycles. The molecule has 3 N–H and O–H groups in total. The summed E-state index contributed by atoms with van der Waals surface area (Å²) in [7, 11) is 0. The van der Waals surface area contributed by atoms with E-state index in [9.17, 15) is 5.11 Å². The van der Waals surface area contributed by atoms with Gasteiger partial charge in [0.1, 0.15) is 5.60 Å². The third-order valence-corrected chi connectivity index (χ3v) is 5.01. The first-order valence-electron chi connectivity index (χ1n) is 8.72. The van der Waals surface area contributed by atoms with Crippen molar-refractivity contribution in [1.29, 1.82) is 0 Å². The Morgan fingerprint density at radius 3 is 2.73 bits per heavy atom. The lowest BCUT2D eigenvalue weighted by Gasteiger charge is -2.20. The number of guanidine groups is 1. The first-order valence-corrected chi connectivity index (χ1v) is 9.60. The number of nitrogens with zero attached hydrogens (tertiary/aromatic N) is 3. The molecule has 2 aromatic rings. The molecule has 0 aliphatic rings. The van der Waals surface area contributed by atoms with Crippen LogP contribution >= 0.6 is 35.3 Å². The number of hydrogen-bond donors (Lipinski definition) is 3. The second-order valence-electron chi connectivity index (χ2n) is 6.38. The average molecular weight is 491 g/mol. The van der Waals surface area contributed by atoms with Gasteiger partial charge in [-0.05, 0) is 51.6 Å². The number of thiophene rings is 1. The van der Waals surface area contributed by atoms with Gasteiger partial charge in [-0.25, -0.2) is 4.99 Å². The number of aromatic nitrogens is 2. The van der Waals surface area contributed by atoms with Crippen molar-refractivity contribution in [3.8, 4) is 0 Å². The normalized spacial score (nSPS) is 13.8. The van der Waals surface area contributed by atoms with E-state index in [-0.39, 0.29) is 24.0 Å². The molecule has 0 aliphatic carbocycles. The summed E-state index contributed by atoms with van der Waals surface area (Å²) in [6.45, 7) is 10.7. The average Bonchev–Trinajstić information content (AvgIpc) is 3.19. The summed E-state index contributed by atoms with van der Waals surface area (Å²) in [5.74, 6) is 0.729. The molecule has 146 valence electrons. The predicted molar refractivity (Wildman–Crippen MR) is 120 cm³/mol. The number of halogens is 1. The molecule has 0 fully saturated rings. The van der Waals surface area contributed by atoms with Crippen LogP contribution < -0.4 is 10.6 Å². The minimum absolute atomic E-state index is 0. The largest absolute Gasteiger partial charge is 0.383 e. The lowest BCUT2D eigenvalue weighted by Crippen LogP contribution is -2.39. The SMILES string of the molecule is CCNC(=NCC(C)(O)c1cccs1)NCCCn1nc(C)cc1C.I. The molecule has 0 spiro atoms. The van der Waals surface area contributed by atoms with Crippen LogP contribution in [0.25, 0.3) is 0 Å². The Kier molecular flexibility index (Phi) is 9.59. The second kappa shape index (κ2) is 10.9. The number of rotatable bonds is 8. The van der Waals surface area contributed by atoms with Crippen LogP contribution in [-0.4, -0.2) is 40.5 Å². The van der Waals surface area contributed by atoms with Crippen LogP contribution in [0.5, 0.6) is 0 Å². The lowest BCUT2D eigenvalue weighted by molar-refractivity contribution is 0.0711. The topological polar surface area (TPSA) is 74.5 Å². The number of aliphatic hydroxyl groups is 1. The molecule has 1 unspecified atom stereocenters. The Hall–Kier alpha value is -1.13. The van der Waals surface area contributed by atoms with Crippen molar-refractivity contribution in [3.05, 3.63) is 39.8 Å². The van der Waals surface area contributed by atoms with E-state index in [2.05, 4.69) is 33.7 Å². The Labute approximate surface area is 177 Å². The minimum atomic E-state index is -0.944. The van der Waals surface area contributed by atoms with Gasteiger partial charge in [-0.1, -0.05) is 6.07 Å². The molecular formula is C18H30IN5OS. The van der Waals surface area contributed by atoms with Gasteiger partial charge in [0.05, 0.1) is 12.2 Å². The molecule has 0 aromatic carbocycles. The summed E-state index contributed by atoms with van der Waals surface area (Å²) in [5, 5.41) is 23.6. The van der Waals surface area contributed by atoms with Crippen LogP contribution in [-0.2, 0) is 12.1 Å². The second-order valence-corrected chi connectivity index (χ2v) is 7.32. The van der Waals surface area contributed by atoms with Crippen LogP contribution in [0.3, 0.4) is 0 Å². The number of hydrogen-bond acceptors (Lipinski definition) is 4. The highest BCUT2D eigenvalue weighted by atomic mass is 127. The van der Waals surface area contributed by atoms with Gasteiger partial charge >= 0.3 is 0 Å². The number of aliphatic imine (C=N–C) groups is 1. The standard InChI is InChI=1S/C18H29N5OS.HI/c1-5-19-17(21-13-18(4,24)16-8-6-11-25-16)20-9-7-10-23-15(3)12-14(2)22-23;/h6,8,11-12,24H,5,7,9-10,13H2,1-4H3,(H2,19,20,21);1H. The summed E-state index contributed by atoms with van der Waals surface area (Å²) < 4.78 is 2.03. The lowest BCUT2D eigenvalue weighted by atomic mass is 10.1. The molecule has 0 saturated heterocycles. The van der Waals surface area contributed by atoms with Crippen molar-refractivity contribution in [1.82, 2.24) is 20.4 Å². The third kappa shape index (κ3) is 6.88. The fraction of sp³-hybridized carbons (Fsp3) is 0.556. The van der Waals surface area contributed by atoms with Crippen LogP contribution in [0, 0.1) is 13.8 Å². The molecule has 6 nitrogen and oxygen atoms in total. The van der Waals surface area contributed by atoms with Gasteiger partial charge < -0.3 is 15.7 Å². The van der Waals surface area contributed by atoms with E-state index in [4.69, 9.17) is 0 Å². The molecule has 0 aliphatic heterocycles. The van der Waals surface area contributed by atoms with Gasteiger partial charge in [0.25, 0.3) is 0 Å². The maximum Gasteiger partial charge on any atom is 0.191 e. The van der Waals surface area contributed by atoms with Crippen LogP contribution in [0.1, 0.15) is 36.5 Å². The Morgan fingerprint density at radius 1 is 1.38 bits per heavy atom. The van der Waals surface area contributed by atoms with Crippen molar-refractivity contribution < 1.29 is 5.11 Å². The molecule has 1 atom stereocenters. The van der Waals surface area contributed by atoms with E-state index in [0.717, 1.165) is 42.6 Å². The smallest absolute Gasteiger partial charge is 0.191 e. The maximum absolute atomic E-state index is 10.6. The Bertz CT molecular complexity index is 682. The first kappa shape index (κ1) is 22.9. The molecular weight excluding hydrogens is 461 g/mol. The van der Waals surface area contributed by atoms with E-state index < -0.39 is 5.60 Å². The number of nitrogens with one attached hydrogen (secondary N) is 2. The van der Waals surface area contributed by atoms with Gasteiger partial charge in [0, 0.05) is 30.2 Å². The van der Waals surface area contributed by atoms with Crippen molar-refractivity contribution in [3.63, 3.8) is 0 Å². The van der Waals surface area contributed by atoms with Crippen LogP contribution in [0.2, 0.25) is 0 Å². The summed E-state index contributed by atoms with van der Waals surface area (Å²) in [6, 6.07) is 5.97.